The molecule has 2 heterocycles. The van der Waals surface area contributed by atoms with Crippen molar-refractivity contribution in [1.82, 2.24) is 19.8 Å². The quantitative estimate of drug-likeness (QED) is 0.566. The summed E-state index contributed by atoms with van der Waals surface area (Å²) >= 11 is 1.60. The predicted molar refractivity (Wildman–Crippen MR) is 91.5 cm³/mol. The molecule has 5 heteroatoms. The summed E-state index contributed by atoms with van der Waals surface area (Å²) in [4.78, 5) is 1.14. The van der Waals surface area contributed by atoms with Gasteiger partial charge in [-0.15, -0.1) is 10.2 Å². The second kappa shape index (κ2) is 5.85. The maximum atomic E-state index is 4.69. The number of benzene rings is 2. The molecule has 0 aliphatic rings. The van der Waals surface area contributed by atoms with E-state index in [-0.39, 0.29) is 0 Å². The Morgan fingerprint density at radius 1 is 0.870 bits per heavy atom. The van der Waals surface area contributed by atoms with Gasteiger partial charge < -0.3 is 0 Å². The van der Waals surface area contributed by atoms with Crippen molar-refractivity contribution in [3.63, 3.8) is 0 Å². The Hall–Kier alpha value is -2.66. The van der Waals surface area contributed by atoms with Gasteiger partial charge in [-0.1, -0.05) is 60.3 Å². The summed E-state index contributed by atoms with van der Waals surface area (Å²) in [6, 6.07) is 22.2. The van der Waals surface area contributed by atoms with Gasteiger partial charge >= 0.3 is 0 Å². The molecule has 0 N–H and O–H groups in total. The number of fused-ring (bicyclic) bond motifs is 1. The van der Waals surface area contributed by atoms with Gasteiger partial charge in [0.25, 0.3) is 0 Å². The van der Waals surface area contributed by atoms with Crippen LogP contribution in [0, 0.1) is 6.92 Å². The zero-order valence-corrected chi connectivity index (χ0v) is 13.4. The van der Waals surface area contributed by atoms with Gasteiger partial charge in [0.2, 0.25) is 0 Å². The Kier molecular flexibility index (Phi) is 3.55. The second-order valence-electron chi connectivity index (χ2n) is 5.17. The van der Waals surface area contributed by atoms with Crippen LogP contribution in [0.15, 0.2) is 76.7 Å². The first-order chi connectivity index (χ1) is 11.3. The van der Waals surface area contributed by atoms with Crippen LogP contribution >= 0.6 is 11.8 Å². The topological polar surface area (TPSA) is 43.1 Å². The van der Waals surface area contributed by atoms with Gasteiger partial charge in [0, 0.05) is 16.5 Å². The first-order valence-electron chi connectivity index (χ1n) is 7.32. The monoisotopic (exact) mass is 318 g/mol. The van der Waals surface area contributed by atoms with Crippen LogP contribution < -0.4 is 0 Å². The summed E-state index contributed by atoms with van der Waals surface area (Å²) in [5.41, 5.74) is 3.74. The van der Waals surface area contributed by atoms with E-state index in [1.807, 2.05) is 66.0 Å². The Labute approximate surface area is 138 Å². The normalized spacial score (nSPS) is 11.0. The molecule has 0 atom stereocenters. The van der Waals surface area contributed by atoms with Gasteiger partial charge in [-0.05, 0) is 19.1 Å². The van der Waals surface area contributed by atoms with Crippen LogP contribution in [-0.2, 0) is 0 Å². The van der Waals surface area contributed by atoms with Crippen molar-refractivity contribution in [3.8, 4) is 11.3 Å². The van der Waals surface area contributed by atoms with E-state index in [4.69, 9.17) is 0 Å². The lowest BCUT2D eigenvalue weighted by Crippen LogP contribution is -2.01. The van der Waals surface area contributed by atoms with Crippen LogP contribution in [-0.4, -0.2) is 19.8 Å². The third kappa shape index (κ3) is 2.71. The minimum Gasteiger partial charge on any atom is -0.214 e. The third-order valence-electron chi connectivity index (χ3n) is 3.59. The molecular formula is C18H14N4S. The molecule has 0 amide bonds. The standard InChI is InChI=1S/C18H14N4S/c1-13-18(23-15-10-6-3-7-11-15)20-19-17-12-16(21-22(13)17)14-8-4-2-5-9-14/h2-12H,1H3. The van der Waals surface area contributed by atoms with Crippen LogP contribution in [0.3, 0.4) is 0 Å². The summed E-state index contributed by atoms with van der Waals surface area (Å²) in [5.74, 6) is 0. The van der Waals surface area contributed by atoms with E-state index in [1.54, 1.807) is 11.8 Å². The molecule has 23 heavy (non-hydrogen) atoms. The molecule has 0 aliphatic heterocycles. The predicted octanol–water partition coefficient (Wildman–Crippen LogP) is 4.25. The molecule has 0 unspecified atom stereocenters. The summed E-state index contributed by atoms with van der Waals surface area (Å²) in [6.07, 6.45) is 0. The molecule has 0 radical (unpaired) electrons. The van der Waals surface area contributed by atoms with Crippen LogP contribution in [0.4, 0.5) is 0 Å². The highest BCUT2D eigenvalue weighted by atomic mass is 32.2. The molecular weight excluding hydrogens is 304 g/mol. The van der Waals surface area contributed by atoms with E-state index in [0.29, 0.717) is 0 Å². The highest BCUT2D eigenvalue weighted by Gasteiger charge is 2.12. The summed E-state index contributed by atoms with van der Waals surface area (Å²) in [7, 11) is 0. The lowest BCUT2D eigenvalue weighted by molar-refractivity contribution is 0.788. The molecule has 4 aromatic rings. The van der Waals surface area contributed by atoms with Crippen molar-refractivity contribution in [2.75, 3.05) is 0 Å². The fraction of sp³-hybridized carbons (Fsp3) is 0.0556. The highest BCUT2D eigenvalue weighted by molar-refractivity contribution is 7.99. The summed E-state index contributed by atoms with van der Waals surface area (Å²) in [5, 5.41) is 14.2. The molecule has 0 saturated carbocycles. The lowest BCUT2D eigenvalue weighted by Gasteiger charge is -2.05. The average Bonchev–Trinajstić information content (AvgIpc) is 3.04. The number of hydrogen-bond acceptors (Lipinski definition) is 4. The van der Waals surface area contributed by atoms with Crippen LogP contribution in [0.5, 0.6) is 0 Å². The number of aromatic nitrogens is 4. The summed E-state index contributed by atoms with van der Waals surface area (Å²) < 4.78 is 1.86. The Morgan fingerprint density at radius 2 is 1.57 bits per heavy atom. The van der Waals surface area contributed by atoms with E-state index >= 15 is 0 Å². The van der Waals surface area contributed by atoms with Gasteiger partial charge in [0.05, 0.1) is 11.4 Å². The van der Waals surface area contributed by atoms with Crippen molar-refractivity contribution in [1.29, 1.82) is 0 Å². The van der Waals surface area contributed by atoms with E-state index < -0.39 is 0 Å². The molecule has 4 rings (SSSR count). The van der Waals surface area contributed by atoms with Gasteiger partial charge in [-0.2, -0.15) is 5.10 Å². The zero-order valence-electron chi connectivity index (χ0n) is 12.5. The van der Waals surface area contributed by atoms with Crippen molar-refractivity contribution < 1.29 is 0 Å². The lowest BCUT2D eigenvalue weighted by atomic mass is 10.2. The van der Waals surface area contributed by atoms with Gasteiger partial charge in [-0.25, -0.2) is 4.52 Å². The highest BCUT2D eigenvalue weighted by Crippen LogP contribution is 2.28. The average molecular weight is 318 g/mol. The van der Waals surface area contributed by atoms with E-state index in [0.717, 1.165) is 32.5 Å². The molecule has 0 saturated heterocycles. The minimum atomic E-state index is 0.763. The number of rotatable bonds is 3. The Balaban J connectivity index is 1.76. The van der Waals surface area contributed by atoms with Crippen molar-refractivity contribution in [2.24, 2.45) is 0 Å². The molecule has 0 spiro atoms. The molecule has 0 aliphatic carbocycles. The first-order valence-corrected chi connectivity index (χ1v) is 8.14. The maximum Gasteiger partial charge on any atom is 0.178 e. The molecule has 2 aromatic carbocycles. The second-order valence-corrected chi connectivity index (χ2v) is 6.23. The summed E-state index contributed by atoms with van der Waals surface area (Å²) in [6.45, 7) is 2.02. The Morgan fingerprint density at radius 3 is 2.30 bits per heavy atom. The molecule has 4 nitrogen and oxygen atoms in total. The largest absolute Gasteiger partial charge is 0.214 e. The van der Waals surface area contributed by atoms with E-state index in [9.17, 15) is 0 Å². The first kappa shape index (κ1) is 14.0. The number of aryl methyl sites for hydroxylation is 1. The number of nitrogens with zero attached hydrogens (tertiary/aromatic N) is 4. The fourth-order valence-corrected chi connectivity index (χ4v) is 3.23. The van der Waals surface area contributed by atoms with Crippen molar-refractivity contribution in [3.05, 3.63) is 72.4 Å². The van der Waals surface area contributed by atoms with E-state index in [2.05, 4.69) is 27.4 Å². The van der Waals surface area contributed by atoms with Gasteiger partial charge in [0.15, 0.2) is 5.65 Å². The number of hydrogen-bond donors (Lipinski definition) is 0. The van der Waals surface area contributed by atoms with Gasteiger partial charge in [-0.3, -0.25) is 0 Å². The molecule has 0 fully saturated rings. The smallest absolute Gasteiger partial charge is 0.178 e. The zero-order chi connectivity index (χ0) is 15.6. The van der Waals surface area contributed by atoms with Crippen LogP contribution in [0.1, 0.15) is 5.69 Å². The molecule has 112 valence electrons. The minimum absolute atomic E-state index is 0.763. The molecule has 2 aromatic heterocycles. The van der Waals surface area contributed by atoms with Gasteiger partial charge in [0.1, 0.15) is 5.03 Å². The van der Waals surface area contributed by atoms with E-state index in [1.165, 1.54) is 0 Å². The van der Waals surface area contributed by atoms with Crippen molar-refractivity contribution >= 4 is 17.4 Å². The molecule has 0 bridgehead atoms. The SMILES string of the molecule is Cc1c(Sc2ccccc2)nnc2cc(-c3ccccc3)nn12. The Bertz CT molecular complexity index is 949. The third-order valence-corrected chi connectivity index (χ3v) is 4.67. The van der Waals surface area contributed by atoms with Crippen LogP contribution in [0.2, 0.25) is 0 Å². The van der Waals surface area contributed by atoms with Crippen LogP contribution in [0.25, 0.3) is 16.9 Å². The fourth-order valence-electron chi connectivity index (χ4n) is 2.39. The van der Waals surface area contributed by atoms with Crippen molar-refractivity contribution in [2.45, 2.75) is 16.8 Å². The maximum absolute atomic E-state index is 4.69.